The third-order valence-corrected chi connectivity index (χ3v) is 3.57. The highest BCUT2D eigenvalue weighted by atomic mass is 35.5. The maximum Gasteiger partial charge on any atom is 0.309 e. The molecule has 0 spiro atoms. The van der Waals surface area contributed by atoms with Crippen molar-refractivity contribution in [1.29, 1.82) is 0 Å². The van der Waals surface area contributed by atoms with Crippen molar-refractivity contribution in [1.82, 2.24) is 5.32 Å². The summed E-state index contributed by atoms with van der Waals surface area (Å²) >= 11 is 5.88. The fourth-order valence-corrected chi connectivity index (χ4v) is 1.86. The van der Waals surface area contributed by atoms with Gasteiger partial charge in [-0.2, -0.15) is 0 Å². The average Bonchev–Trinajstić information content (AvgIpc) is 2.37. The summed E-state index contributed by atoms with van der Waals surface area (Å²) in [6.07, 6.45) is 0.335. The summed E-state index contributed by atoms with van der Waals surface area (Å²) in [5, 5.41) is 12.3. The van der Waals surface area contributed by atoms with Crippen molar-refractivity contribution in [3.63, 3.8) is 0 Å². The van der Waals surface area contributed by atoms with Crippen LogP contribution in [-0.4, -0.2) is 29.1 Å². The Hall–Kier alpha value is -1.75. The normalized spacial score (nSPS) is 11.9. The number of carbonyl (C=O) groups excluding carboxylic acids is 1. The lowest BCUT2D eigenvalue weighted by Gasteiger charge is -2.26. The number of carboxylic acid groups (broad SMARTS) is 1. The molecular formula is C16H22ClNO4. The van der Waals surface area contributed by atoms with Gasteiger partial charge in [-0.1, -0.05) is 17.7 Å². The minimum absolute atomic E-state index is 0.264. The summed E-state index contributed by atoms with van der Waals surface area (Å²) in [6.45, 7) is 6.79. The molecule has 0 aliphatic carbocycles. The molecule has 5 nitrogen and oxygen atoms in total. The molecule has 0 atom stereocenters. The Morgan fingerprint density at radius 2 is 1.91 bits per heavy atom. The largest absolute Gasteiger partial charge is 0.481 e. The quantitative estimate of drug-likeness (QED) is 0.806. The predicted octanol–water partition coefficient (Wildman–Crippen LogP) is 3.11. The third-order valence-electron chi connectivity index (χ3n) is 3.33. The van der Waals surface area contributed by atoms with Crippen molar-refractivity contribution in [2.45, 2.75) is 39.7 Å². The molecule has 0 heterocycles. The van der Waals surface area contributed by atoms with Gasteiger partial charge >= 0.3 is 5.97 Å². The molecule has 1 aromatic rings. The maximum atomic E-state index is 12.2. The van der Waals surface area contributed by atoms with E-state index in [-0.39, 0.29) is 12.5 Å². The van der Waals surface area contributed by atoms with Gasteiger partial charge in [0.25, 0.3) is 5.91 Å². The van der Waals surface area contributed by atoms with E-state index < -0.39 is 17.0 Å². The summed E-state index contributed by atoms with van der Waals surface area (Å²) in [5.41, 5.74) is -1.97. The second kappa shape index (κ2) is 7.01. The number of carboxylic acids is 1. The third kappa shape index (κ3) is 5.22. The van der Waals surface area contributed by atoms with E-state index in [0.29, 0.717) is 17.2 Å². The number of benzene rings is 1. The van der Waals surface area contributed by atoms with Crippen LogP contribution in [0.5, 0.6) is 5.75 Å². The lowest BCUT2D eigenvalue weighted by atomic mass is 9.89. The van der Waals surface area contributed by atoms with E-state index in [1.165, 1.54) is 0 Å². The number of aliphatic carboxylic acids is 1. The van der Waals surface area contributed by atoms with Gasteiger partial charge in [0.1, 0.15) is 5.75 Å². The van der Waals surface area contributed by atoms with E-state index in [2.05, 4.69) is 5.32 Å². The van der Waals surface area contributed by atoms with Crippen LogP contribution in [-0.2, 0) is 9.59 Å². The number of rotatable bonds is 7. The van der Waals surface area contributed by atoms with Crippen molar-refractivity contribution in [3.05, 3.63) is 29.3 Å². The Labute approximate surface area is 135 Å². The van der Waals surface area contributed by atoms with Crippen molar-refractivity contribution < 1.29 is 19.4 Å². The van der Waals surface area contributed by atoms with Gasteiger partial charge in [0.15, 0.2) is 5.60 Å². The number of halogens is 1. The van der Waals surface area contributed by atoms with E-state index in [9.17, 15) is 9.59 Å². The van der Waals surface area contributed by atoms with E-state index in [4.69, 9.17) is 21.4 Å². The van der Waals surface area contributed by atoms with Crippen LogP contribution >= 0.6 is 11.6 Å². The van der Waals surface area contributed by atoms with E-state index >= 15 is 0 Å². The first-order valence-corrected chi connectivity index (χ1v) is 7.39. The lowest BCUT2D eigenvalue weighted by Crippen LogP contribution is -2.47. The molecule has 0 aromatic heterocycles. The zero-order chi connectivity index (χ0) is 17.0. The van der Waals surface area contributed by atoms with Crippen molar-refractivity contribution in [3.8, 4) is 5.75 Å². The van der Waals surface area contributed by atoms with Gasteiger partial charge in [-0.15, -0.1) is 0 Å². The van der Waals surface area contributed by atoms with Crippen molar-refractivity contribution in [2.24, 2.45) is 5.41 Å². The number of ether oxygens (including phenoxy) is 1. The molecule has 0 unspecified atom stereocenters. The summed E-state index contributed by atoms with van der Waals surface area (Å²) in [6, 6.07) is 6.80. The van der Waals surface area contributed by atoms with Crippen LogP contribution in [0.3, 0.4) is 0 Å². The molecule has 0 fully saturated rings. The van der Waals surface area contributed by atoms with Crippen LogP contribution in [0.4, 0.5) is 0 Å². The lowest BCUT2D eigenvalue weighted by molar-refractivity contribution is -0.147. The molecule has 2 N–H and O–H groups in total. The molecule has 1 amide bonds. The van der Waals surface area contributed by atoms with E-state index in [1.54, 1.807) is 52.0 Å². The number of nitrogens with one attached hydrogen (secondary N) is 1. The summed E-state index contributed by atoms with van der Waals surface area (Å²) in [4.78, 5) is 23.2. The number of hydrogen-bond acceptors (Lipinski definition) is 3. The van der Waals surface area contributed by atoms with Crippen LogP contribution in [0.15, 0.2) is 24.3 Å². The van der Waals surface area contributed by atoms with Gasteiger partial charge in [0.2, 0.25) is 0 Å². The minimum atomic E-state index is -1.09. The first-order valence-electron chi connectivity index (χ1n) is 7.01. The topological polar surface area (TPSA) is 75.6 Å². The van der Waals surface area contributed by atoms with Gasteiger partial charge in [-0.05, 0) is 52.3 Å². The molecule has 0 aliphatic rings. The molecule has 0 radical (unpaired) electrons. The fraction of sp³-hybridized carbons (Fsp3) is 0.500. The van der Waals surface area contributed by atoms with Gasteiger partial charge < -0.3 is 15.2 Å². The predicted molar refractivity (Wildman–Crippen MR) is 85.2 cm³/mol. The molecule has 1 aromatic carbocycles. The van der Waals surface area contributed by atoms with Crippen molar-refractivity contribution >= 4 is 23.5 Å². The van der Waals surface area contributed by atoms with Crippen LogP contribution in [0.25, 0.3) is 0 Å². The molecule has 22 heavy (non-hydrogen) atoms. The fourth-order valence-electron chi connectivity index (χ4n) is 1.68. The Morgan fingerprint density at radius 3 is 2.45 bits per heavy atom. The second-order valence-corrected chi connectivity index (χ2v) is 6.70. The van der Waals surface area contributed by atoms with E-state index in [1.807, 2.05) is 0 Å². The van der Waals surface area contributed by atoms with Crippen LogP contribution in [0.2, 0.25) is 5.02 Å². The Balaban J connectivity index is 2.58. The molecule has 0 saturated carbocycles. The van der Waals surface area contributed by atoms with Crippen LogP contribution < -0.4 is 10.1 Å². The molecule has 0 aliphatic heterocycles. The number of hydrogen-bond donors (Lipinski definition) is 2. The summed E-state index contributed by atoms with van der Waals surface area (Å²) in [5.74, 6) is -0.705. The number of carbonyl (C=O) groups is 2. The Kier molecular flexibility index (Phi) is 5.83. The van der Waals surface area contributed by atoms with Gasteiger partial charge in [-0.25, -0.2) is 0 Å². The van der Waals surface area contributed by atoms with E-state index in [0.717, 1.165) is 0 Å². The highest BCUT2D eigenvalue weighted by Crippen LogP contribution is 2.23. The van der Waals surface area contributed by atoms with Gasteiger partial charge in [0, 0.05) is 11.6 Å². The second-order valence-electron chi connectivity index (χ2n) is 6.26. The zero-order valence-corrected chi connectivity index (χ0v) is 14.0. The maximum absolute atomic E-state index is 12.2. The molecular weight excluding hydrogens is 306 g/mol. The SMILES string of the molecule is CC(C)(CCNC(=O)C(C)(C)Oc1cccc(Cl)c1)C(=O)O. The van der Waals surface area contributed by atoms with Crippen molar-refractivity contribution in [2.75, 3.05) is 6.54 Å². The highest BCUT2D eigenvalue weighted by molar-refractivity contribution is 6.30. The smallest absolute Gasteiger partial charge is 0.309 e. The van der Waals surface area contributed by atoms with Gasteiger partial charge in [-0.3, -0.25) is 9.59 Å². The summed E-state index contributed by atoms with van der Waals surface area (Å²) < 4.78 is 5.66. The first kappa shape index (κ1) is 18.3. The average molecular weight is 328 g/mol. The monoisotopic (exact) mass is 327 g/mol. The summed E-state index contributed by atoms with van der Waals surface area (Å²) in [7, 11) is 0. The van der Waals surface area contributed by atoms with Gasteiger partial charge in [0.05, 0.1) is 5.41 Å². The van der Waals surface area contributed by atoms with Crippen LogP contribution in [0.1, 0.15) is 34.1 Å². The minimum Gasteiger partial charge on any atom is -0.481 e. The first-order chi connectivity index (χ1) is 10.0. The molecule has 1 rings (SSSR count). The Morgan fingerprint density at radius 1 is 1.27 bits per heavy atom. The molecule has 122 valence electrons. The zero-order valence-electron chi connectivity index (χ0n) is 13.3. The molecule has 0 saturated heterocycles. The highest BCUT2D eigenvalue weighted by Gasteiger charge is 2.31. The van der Waals surface area contributed by atoms with Crippen LogP contribution in [0, 0.1) is 5.41 Å². The molecule has 0 bridgehead atoms. The Bertz CT molecular complexity index is 555. The standard InChI is InChI=1S/C16H22ClNO4/c1-15(2,14(20)21)8-9-18-13(19)16(3,4)22-12-7-5-6-11(17)10-12/h5-7,10H,8-9H2,1-4H3,(H,18,19)(H,20,21). The number of amides is 1. The molecule has 6 heteroatoms.